The minimum atomic E-state index is 0.513. The Balaban J connectivity index is 2.56. The van der Waals surface area contributed by atoms with Crippen molar-refractivity contribution in [3.05, 3.63) is 29.0 Å². The largest absolute Gasteiger partial charge is 0.314 e. The van der Waals surface area contributed by atoms with E-state index in [0.29, 0.717) is 17.0 Å². The van der Waals surface area contributed by atoms with Gasteiger partial charge in [-0.2, -0.15) is 0 Å². The zero-order valence-corrected chi connectivity index (χ0v) is 11.1. The average molecular weight is 241 g/mol. The number of hydrogen-bond donors (Lipinski definition) is 1. The standard InChI is InChI=1S/C13H21ClN2/c1-4-15-13(7-10(2)3)8-12-6-5-11(14)9-16-12/h5-6,9-10,13,15H,4,7-8H2,1-3H3. The highest BCUT2D eigenvalue weighted by Crippen LogP contribution is 2.12. The number of hydrogen-bond acceptors (Lipinski definition) is 2. The lowest BCUT2D eigenvalue weighted by molar-refractivity contribution is 0.421. The number of halogens is 1. The van der Waals surface area contributed by atoms with Gasteiger partial charge in [0, 0.05) is 24.4 Å². The Labute approximate surface area is 103 Å². The van der Waals surface area contributed by atoms with Gasteiger partial charge in [0.2, 0.25) is 0 Å². The van der Waals surface area contributed by atoms with E-state index in [1.54, 1.807) is 6.20 Å². The van der Waals surface area contributed by atoms with Crippen molar-refractivity contribution in [1.82, 2.24) is 10.3 Å². The Morgan fingerprint density at radius 1 is 1.38 bits per heavy atom. The lowest BCUT2D eigenvalue weighted by Gasteiger charge is -2.19. The van der Waals surface area contributed by atoms with Crippen LogP contribution < -0.4 is 5.32 Å². The fraction of sp³-hybridized carbons (Fsp3) is 0.615. The molecule has 0 radical (unpaired) electrons. The van der Waals surface area contributed by atoms with E-state index in [1.165, 1.54) is 6.42 Å². The molecule has 3 heteroatoms. The van der Waals surface area contributed by atoms with Crippen molar-refractivity contribution in [2.24, 2.45) is 5.92 Å². The van der Waals surface area contributed by atoms with E-state index in [9.17, 15) is 0 Å². The third-order valence-electron chi connectivity index (χ3n) is 2.49. The first-order valence-corrected chi connectivity index (χ1v) is 6.33. The number of pyridine rings is 1. The molecule has 1 heterocycles. The molecule has 2 nitrogen and oxygen atoms in total. The zero-order valence-electron chi connectivity index (χ0n) is 10.3. The molecule has 16 heavy (non-hydrogen) atoms. The summed E-state index contributed by atoms with van der Waals surface area (Å²) in [6.07, 6.45) is 3.87. The van der Waals surface area contributed by atoms with Crippen molar-refractivity contribution in [1.29, 1.82) is 0 Å². The van der Waals surface area contributed by atoms with E-state index in [-0.39, 0.29) is 0 Å². The van der Waals surface area contributed by atoms with Gasteiger partial charge in [-0.3, -0.25) is 4.98 Å². The van der Waals surface area contributed by atoms with Crippen molar-refractivity contribution >= 4 is 11.6 Å². The van der Waals surface area contributed by atoms with Gasteiger partial charge >= 0.3 is 0 Å². The molecule has 0 bridgehead atoms. The Kier molecular flexibility index (Phi) is 5.78. The number of rotatable bonds is 6. The molecular formula is C13H21ClN2. The maximum absolute atomic E-state index is 5.82. The second-order valence-electron chi connectivity index (χ2n) is 4.56. The van der Waals surface area contributed by atoms with E-state index < -0.39 is 0 Å². The Morgan fingerprint density at radius 3 is 2.62 bits per heavy atom. The highest BCUT2D eigenvalue weighted by Gasteiger charge is 2.11. The molecule has 1 unspecified atom stereocenters. The molecule has 0 saturated carbocycles. The van der Waals surface area contributed by atoms with Crippen LogP contribution in [0.2, 0.25) is 5.02 Å². The van der Waals surface area contributed by atoms with Crippen LogP contribution in [-0.4, -0.2) is 17.6 Å². The molecule has 1 aromatic heterocycles. The molecule has 0 fully saturated rings. The quantitative estimate of drug-likeness (QED) is 0.825. The summed E-state index contributed by atoms with van der Waals surface area (Å²) in [5.74, 6) is 0.705. The molecule has 0 aliphatic rings. The van der Waals surface area contributed by atoms with Crippen molar-refractivity contribution in [3.63, 3.8) is 0 Å². The van der Waals surface area contributed by atoms with Gasteiger partial charge < -0.3 is 5.32 Å². The summed E-state index contributed by atoms with van der Waals surface area (Å²) >= 11 is 5.82. The fourth-order valence-electron chi connectivity index (χ4n) is 1.88. The molecule has 1 atom stereocenters. The monoisotopic (exact) mass is 240 g/mol. The maximum Gasteiger partial charge on any atom is 0.0589 e. The van der Waals surface area contributed by atoms with Gasteiger partial charge in [-0.05, 0) is 31.0 Å². The Morgan fingerprint density at radius 2 is 2.12 bits per heavy atom. The predicted octanol–water partition coefficient (Wildman–Crippen LogP) is 3.30. The van der Waals surface area contributed by atoms with E-state index in [2.05, 4.69) is 31.1 Å². The summed E-state index contributed by atoms with van der Waals surface area (Å²) < 4.78 is 0. The van der Waals surface area contributed by atoms with Gasteiger partial charge in [-0.15, -0.1) is 0 Å². The number of aromatic nitrogens is 1. The van der Waals surface area contributed by atoms with Crippen molar-refractivity contribution in [3.8, 4) is 0 Å². The summed E-state index contributed by atoms with van der Waals surface area (Å²) in [4.78, 5) is 4.34. The number of nitrogens with one attached hydrogen (secondary N) is 1. The minimum absolute atomic E-state index is 0.513. The zero-order chi connectivity index (χ0) is 12.0. The van der Waals surface area contributed by atoms with Gasteiger partial charge in [-0.25, -0.2) is 0 Å². The van der Waals surface area contributed by atoms with Crippen LogP contribution in [0.4, 0.5) is 0 Å². The average Bonchev–Trinajstić information content (AvgIpc) is 2.21. The lowest BCUT2D eigenvalue weighted by Crippen LogP contribution is -2.32. The second-order valence-corrected chi connectivity index (χ2v) is 4.99. The summed E-state index contributed by atoms with van der Waals surface area (Å²) in [5.41, 5.74) is 1.11. The van der Waals surface area contributed by atoms with E-state index >= 15 is 0 Å². The Hall–Kier alpha value is -0.600. The molecule has 0 spiro atoms. The smallest absolute Gasteiger partial charge is 0.0589 e. The third kappa shape index (κ3) is 4.95. The summed E-state index contributed by atoms with van der Waals surface area (Å²) in [6, 6.07) is 4.42. The number of nitrogens with zero attached hydrogens (tertiary/aromatic N) is 1. The van der Waals surface area contributed by atoms with Crippen LogP contribution in [-0.2, 0) is 6.42 Å². The van der Waals surface area contributed by atoms with E-state index in [1.807, 2.05) is 12.1 Å². The molecule has 1 N–H and O–H groups in total. The molecule has 0 aliphatic carbocycles. The van der Waals surface area contributed by atoms with Crippen LogP contribution in [0.1, 0.15) is 32.9 Å². The summed E-state index contributed by atoms with van der Waals surface area (Å²) in [6.45, 7) is 7.65. The van der Waals surface area contributed by atoms with Crippen molar-refractivity contribution < 1.29 is 0 Å². The topological polar surface area (TPSA) is 24.9 Å². The van der Waals surface area contributed by atoms with Crippen LogP contribution in [0.25, 0.3) is 0 Å². The van der Waals surface area contributed by atoms with Crippen LogP contribution in [0.5, 0.6) is 0 Å². The molecule has 0 aromatic carbocycles. The molecular weight excluding hydrogens is 220 g/mol. The first-order valence-electron chi connectivity index (χ1n) is 5.95. The molecule has 1 rings (SSSR count). The van der Waals surface area contributed by atoms with Crippen molar-refractivity contribution in [2.45, 2.75) is 39.7 Å². The van der Waals surface area contributed by atoms with Gasteiger partial charge in [0.1, 0.15) is 0 Å². The molecule has 0 aliphatic heterocycles. The molecule has 0 amide bonds. The van der Waals surface area contributed by atoms with E-state index in [0.717, 1.165) is 18.7 Å². The van der Waals surface area contributed by atoms with Gasteiger partial charge in [-0.1, -0.05) is 32.4 Å². The number of likely N-dealkylation sites (N-methyl/N-ethyl adjacent to an activating group) is 1. The lowest BCUT2D eigenvalue weighted by atomic mass is 9.99. The highest BCUT2D eigenvalue weighted by molar-refractivity contribution is 6.30. The molecule has 90 valence electrons. The molecule has 0 saturated heterocycles. The van der Waals surface area contributed by atoms with Crippen LogP contribution in [0.15, 0.2) is 18.3 Å². The highest BCUT2D eigenvalue weighted by atomic mass is 35.5. The first kappa shape index (κ1) is 13.5. The molecule has 1 aromatic rings. The van der Waals surface area contributed by atoms with Crippen LogP contribution in [0, 0.1) is 5.92 Å². The van der Waals surface area contributed by atoms with Crippen LogP contribution in [0.3, 0.4) is 0 Å². The van der Waals surface area contributed by atoms with Gasteiger partial charge in [0.05, 0.1) is 5.02 Å². The second kappa shape index (κ2) is 6.87. The predicted molar refractivity (Wildman–Crippen MR) is 69.9 cm³/mol. The Bertz CT molecular complexity index is 295. The minimum Gasteiger partial charge on any atom is -0.314 e. The van der Waals surface area contributed by atoms with Crippen LogP contribution >= 0.6 is 11.6 Å². The van der Waals surface area contributed by atoms with Gasteiger partial charge in [0.25, 0.3) is 0 Å². The third-order valence-corrected chi connectivity index (χ3v) is 2.72. The SMILES string of the molecule is CCNC(Cc1ccc(Cl)cn1)CC(C)C. The summed E-state index contributed by atoms with van der Waals surface area (Å²) in [7, 11) is 0. The maximum atomic E-state index is 5.82. The fourth-order valence-corrected chi connectivity index (χ4v) is 1.99. The van der Waals surface area contributed by atoms with Crippen molar-refractivity contribution in [2.75, 3.05) is 6.54 Å². The van der Waals surface area contributed by atoms with E-state index in [4.69, 9.17) is 11.6 Å². The van der Waals surface area contributed by atoms with Gasteiger partial charge in [0.15, 0.2) is 0 Å². The first-order chi connectivity index (χ1) is 7.61. The normalized spacial score (nSPS) is 13.1. The summed E-state index contributed by atoms with van der Waals surface area (Å²) in [5, 5.41) is 4.21.